The lowest BCUT2D eigenvalue weighted by Gasteiger charge is -2.16. The third kappa shape index (κ3) is 4.78. The molecule has 11 heteroatoms. The summed E-state index contributed by atoms with van der Waals surface area (Å²) in [6.07, 6.45) is 2.35. The fourth-order valence-electron chi connectivity index (χ4n) is 3.04. The van der Waals surface area contributed by atoms with Gasteiger partial charge in [-0.15, -0.1) is 17.5 Å². The number of nitrogens with zero attached hydrogens (tertiary/aromatic N) is 4. The molecule has 0 aliphatic carbocycles. The maximum atomic E-state index is 13.4. The zero-order valence-electron chi connectivity index (χ0n) is 15.4. The molecule has 1 saturated heterocycles. The first-order chi connectivity index (χ1) is 12.9. The van der Waals surface area contributed by atoms with E-state index in [-0.39, 0.29) is 47.5 Å². The first-order valence-electron chi connectivity index (χ1n) is 8.45. The Morgan fingerprint density at radius 2 is 2.21 bits per heavy atom. The average molecular weight is 431 g/mol. The molecule has 2 aromatic rings. The Kier molecular flexibility index (Phi) is 7.34. The van der Waals surface area contributed by atoms with Crippen molar-refractivity contribution in [3.05, 3.63) is 46.5 Å². The molecule has 2 heterocycles. The van der Waals surface area contributed by atoms with Crippen molar-refractivity contribution in [3.8, 4) is 0 Å². The standard InChI is InChI=1S/C17H20ClFN6O2.ClH/c1-20-16(26)15-6-12(7-21-15)25-9-11(22-23-25)8-24(2)17(27)13-5-10(19)3-4-14(13)18;/h3-5,9,12,15,21H,6-8H2,1-2H3,(H,20,26);1H/t12-,15+;/m1./s1. The second-order valence-electron chi connectivity index (χ2n) is 6.44. The number of hydrogen-bond donors (Lipinski definition) is 2. The molecule has 0 radical (unpaired) electrons. The number of carbonyl (C=O) groups excluding carboxylic acids is 2. The molecule has 3 rings (SSSR count). The number of nitrogens with one attached hydrogen (secondary N) is 2. The van der Waals surface area contributed by atoms with Crippen molar-refractivity contribution in [3.63, 3.8) is 0 Å². The number of carbonyl (C=O) groups is 2. The van der Waals surface area contributed by atoms with Crippen molar-refractivity contribution in [2.45, 2.75) is 25.0 Å². The topological polar surface area (TPSA) is 92.2 Å². The summed E-state index contributed by atoms with van der Waals surface area (Å²) in [5.74, 6) is -0.993. The molecule has 8 nitrogen and oxygen atoms in total. The molecule has 0 saturated carbocycles. The molecule has 2 amide bonds. The maximum absolute atomic E-state index is 13.4. The molecule has 152 valence electrons. The molecule has 1 aromatic heterocycles. The fourth-order valence-corrected chi connectivity index (χ4v) is 3.24. The zero-order chi connectivity index (χ0) is 19.6. The van der Waals surface area contributed by atoms with Crippen LogP contribution in [0.2, 0.25) is 5.02 Å². The minimum absolute atomic E-state index is 0. The van der Waals surface area contributed by atoms with Gasteiger partial charge in [-0.25, -0.2) is 9.07 Å². The Balaban J connectivity index is 0.00000280. The molecule has 0 bridgehead atoms. The SMILES string of the molecule is CNC(=O)[C@@H]1C[C@@H](n2cc(CN(C)C(=O)c3cc(F)ccc3Cl)nn2)CN1.Cl. The van der Waals surface area contributed by atoms with E-state index in [0.29, 0.717) is 18.7 Å². The first kappa shape index (κ1) is 22.1. The summed E-state index contributed by atoms with van der Waals surface area (Å²) >= 11 is 5.99. The summed E-state index contributed by atoms with van der Waals surface area (Å²) < 4.78 is 15.1. The molecule has 0 spiro atoms. The Bertz CT molecular complexity index is 862. The lowest BCUT2D eigenvalue weighted by molar-refractivity contribution is -0.122. The summed E-state index contributed by atoms with van der Waals surface area (Å²) in [4.78, 5) is 25.6. The number of benzene rings is 1. The van der Waals surface area contributed by atoms with Gasteiger partial charge in [-0.1, -0.05) is 16.8 Å². The number of aromatic nitrogens is 3. The highest BCUT2D eigenvalue weighted by molar-refractivity contribution is 6.33. The first-order valence-corrected chi connectivity index (χ1v) is 8.83. The Hall–Kier alpha value is -2.23. The van der Waals surface area contributed by atoms with E-state index in [4.69, 9.17) is 11.6 Å². The second kappa shape index (κ2) is 9.31. The molecule has 1 fully saturated rings. The van der Waals surface area contributed by atoms with Crippen molar-refractivity contribution < 1.29 is 14.0 Å². The van der Waals surface area contributed by atoms with Gasteiger partial charge < -0.3 is 15.5 Å². The van der Waals surface area contributed by atoms with Gasteiger partial charge in [0.15, 0.2) is 0 Å². The molecule has 1 aromatic carbocycles. The van der Waals surface area contributed by atoms with E-state index >= 15 is 0 Å². The van der Waals surface area contributed by atoms with E-state index in [1.54, 1.807) is 25.0 Å². The summed E-state index contributed by atoms with van der Waals surface area (Å²) in [7, 11) is 3.18. The van der Waals surface area contributed by atoms with Gasteiger partial charge in [0, 0.05) is 20.6 Å². The summed E-state index contributed by atoms with van der Waals surface area (Å²) in [5, 5.41) is 14.1. The molecule has 1 aliphatic heterocycles. The van der Waals surface area contributed by atoms with Crippen LogP contribution >= 0.6 is 24.0 Å². The van der Waals surface area contributed by atoms with Crippen molar-refractivity contribution in [2.75, 3.05) is 20.6 Å². The van der Waals surface area contributed by atoms with Crippen LogP contribution in [-0.4, -0.2) is 58.4 Å². The van der Waals surface area contributed by atoms with Crippen molar-refractivity contribution in [2.24, 2.45) is 0 Å². The van der Waals surface area contributed by atoms with Crippen LogP contribution in [0.3, 0.4) is 0 Å². The van der Waals surface area contributed by atoms with Crippen molar-refractivity contribution >= 4 is 35.8 Å². The van der Waals surface area contributed by atoms with Crippen LogP contribution in [0.25, 0.3) is 0 Å². The van der Waals surface area contributed by atoms with Crippen LogP contribution in [-0.2, 0) is 11.3 Å². The third-order valence-electron chi connectivity index (χ3n) is 4.51. The Morgan fingerprint density at radius 3 is 2.93 bits per heavy atom. The molecule has 2 atom stereocenters. The predicted molar refractivity (Wildman–Crippen MR) is 104 cm³/mol. The van der Waals surface area contributed by atoms with Crippen LogP contribution in [0.15, 0.2) is 24.4 Å². The van der Waals surface area contributed by atoms with Crippen LogP contribution in [0.4, 0.5) is 4.39 Å². The second-order valence-corrected chi connectivity index (χ2v) is 6.85. The highest BCUT2D eigenvalue weighted by Gasteiger charge is 2.30. The monoisotopic (exact) mass is 430 g/mol. The van der Waals surface area contributed by atoms with Crippen LogP contribution in [0.5, 0.6) is 0 Å². The van der Waals surface area contributed by atoms with Crippen molar-refractivity contribution in [1.29, 1.82) is 0 Å². The minimum Gasteiger partial charge on any atom is -0.358 e. The maximum Gasteiger partial charge on any atom is 0.255 e. The normalized spacial score (nSPS) is 18.4. The van der Waals surface area contributed by atoms with E-state index < -0.39 is 11.7 Å². The van der Waals surface area contributed by atoms with Crippen LogP contribution in [0.1, 0.15) is 28.5 Å². The van der Waals surface area contributed by atoms with Gasteiger partial charge >= 0.3 is 0 Å². The lowest BCUT2D eigenvalue weighted by Crippen LogP contribution is -2.38. The van der Waals surface area contributed by atoms with Gasteiger partial charge in [0.25, 0.3) is 5.91 Å². The van der Waals surface area contributed by atoms with E-state index in [0.717, 1.165) is 6.07 Å². The lowest BCUT2D eigenvalue weighted by atomic mass is 10.1. The Morgan fingerprint density at radius 1 is 1.46 bits per heavy atom. The highest BCUT2D eigenvalue weighted by atomic mass is 35.5. The number of rotatable bonds is 5. The quantitative estimate of drug-likeness (QED) is 0.747. The van der Waals surface area contributed by atoms with Crippen molar-refractivity contribution in [1.82, 2.24) is 30.5 Å². The number of halogens is 3. The molecule has 2 N–H and O–H groups in total. The zero-order valence-corrected chi connectivity index (χ0v) is 16.9. The van der Waals surface area contributed by atoms with E-state index in [1.807, 2.05) is 0 Å². The van der Waals surface area contributed by atoms with Gasteiger partial charge in [-0.05, 0) is 24.6 Å². The minimum atomic E-state index is -0.526. The number of likely N-dealkylation sites (N-methyl/N-ethyl adjacent to an activating group) is 1. The van der Waals surface area contributed by atoms with E-state index in [9.17, 15) is 14.0 Å². The molecule has 0 unspecified atom stereocenters. The summed E-state index contributed by atoms with van der Waals surface area (Å²) in [6.45, 7) is 0.805. The van der Waals surface area contributed by atoms with E-state index in [2.05, 4.69) is 20.9 Å². The molecular formula is C17H21Cl2FN6O2. The highest BCUT2D eigenvalue weighted by Crippen LogP contribution is 2.21. The molecule has 1 aliphatic rings. The summed E-state index contributed by atoms with van der Waals surface area (Å²) in [5.41, 5.74) is 0.682. The fraction of sp³-hybridized carbons (Fsp3) is 0.412. The van der Waals surface area contributed by atoms with Gasteiger partial charge in [0.2, 0.25) is 5.91 Å². The van der Waals surface area contributed by atoms with Gasteiger partial charge in [0.05, 0.1) is 35.4 Å². The average Bonchev–Trinajstić information content (AvgIpc) is 3.31. The third-order valence-corrected chi connectivity index (χ3v) is 4.84. The van der Waals surface area contributed by atoms with Gasteiger partial charge in [0.1, 0.15) is 11.5 Å². The molecule has 28 heavy (non-hydrogen) atoms. The van der Waals surface area contributed by atoms with Crippen LogP contribution < -0.4 is 10.6 Å². The van der Waals surface area contributed by atoms with E-state index in [1.165, 1.54) is 17.0 Å². The van der Waals surface area contributed by atoms with Crippen LogP contribution in [0, 0.1) is 5.82 Å². The van der Waals surface area contributed by atoms with Gasteiger partial charge in [-0.3, -0.25) is 9.59 Å². The number of amides is 2. The predicted octanol–water partition coefficient (Wildman–Crippen LogP) is 1.41. The Labute approximate surface area is 172 Å². The number of hydrogen-bond acceptors (Lipinski definition) is 5. The smallest absolute Gasteiger partial charge is 0.255 e. The van der Waals surface area contributed by atoms with Gasteiger partial charge in [-0.2, -0.15) is 0 Å². The largest absolute Gasteiger partial charge is 0.358 e. The summed E-state index contributed by atoms with van der Waals surface area (Å²) in [6, 6.07) is 3.41. The molecular weight excluding hydrogens is 410 g/mol.